The van der Waals surface area contributed by atoms with E-state index in [0.29, 0.717) is 143 Å². The Morgan fingerprint density at radius 2 is 1.30 bits per heavy atom. The van der Waals surface area contributed by atoms with Crippen molar-refractivity contribution in [3.05, 3.63) is 124 Å². The van der Waals surface area contributed by atoms with Crippen molar-refractivity contribution in [1.82, 2.24) is 40.4 Å². The van der Waals surface area contributed by atoms with Gasteiger partial charge >= 0.3 is 205 Å². The van der Waals surface area contributed by atoms with E-state index in [1.165, 1.54) is 23.3 Å². The molecule has 496 valence electrons. The van der Waals surface area contributed by atoms with Crippen LogP contribution < -0.4 is 20.7 Å². The number of fused-ring (bicyclic) bond motifs is 7. The van der Waals surface area contributed by atoms with Crippen molar-refractivity contribution in [2.45, 2.75) is 122 Å². The summed E-state index contributed by atoms with van der Waals surface area (Å²) in [5, 5.41) is 19.1. The number of carbonyl (C=O) groups is 7. The zero-order valence-electron chi connectivity index (χ0n) is 53.0. The van der Waals surface area contributed by atoms with Crippen molar-refractivity contribution in [2.24, 2.45) is 0 Å². The molecule has 4 bridgehead atoms. The number of likely N-dealkylation sites (tertiary alicyclic amines) is 1. The molecule has 0 radical (unpaired) electrons. The summed E-state index contributed by atoms with van der Waals surface area (Å²) < 4.78 is 67.8. The predicted octanol–water partition coefficient (Wildman–Crippen LogP) is 7.31. The Morgan fingerprint density at radius 3 is 1.96 bits per heavy atom. The molecule has 24 heteroatoms. The fourth-order valence-electron chi connectivity index (χ4n) is 12.0. The average molecular weight is 1340 g/mol. The van der Waals surface area contributed by atoms with Crippen LogP contribution in [0.4, 0.5) is 13.2 Å². The maximum atomic E-state index is 15.0. The van der Waals surface area contributed by atoms with Crippen molar-refractivity contribution in [3.8, 4) is 16.9 Å². The summed E-state index contributed by atoms with van der Waals surface area (Å²) in [7, 11) is 0. The van der Waals surface area contributed by atoms with E-state index in [0.717, 1.165) is 34.7 Å². The number of alkyl halides is 3. The maximum absolute atomic E-state index is 15.0. The smallest absolute Gasteiger partial charge is 0.493 e. The normalized spacial score (nSPS) is 19.9. The molecule has 8 rings (SSSR count). The van der Waals surface area contributed by atoms with Gasteiger partial charge in [0.15, 0.2) is 0 Å². The predicted molar refractivity (Wildman–Crippen MR) is 342 cm³/mol. The van der Waals surface area contributed by atoms with Gasteiger partial charge in [0.25, 0.3) is 0 Å². The quantitative estimate of drug-likeness (QED) is 0.0261. The fraction of sp³-hybridized carbons (Fsp3) is 0.515. The van der Waals surface area contributed by atoms with Gasteiger partial charge in [0.05, 0.1) is 12.2 Å². The summed E-state index contributed by atoms with van der Waals surface area (Å²) in [5.74, 6) is -3.58. The number of nitrogens with zero attached hydrogens (tertiary/aromatic N) is 5. The molecule has 3 amide bonds. The molecule has 4 fully saturated rings. The number of amides is 3. The Bertz CT molecular complexity index is 3120. The van der Waals surface area contributed by atoms with E-state index in [1.54, 1.807) is 11.0 Å². The molecule has 92 heavy (non-hydrogen) atoms. The van der Waals surface area contributed by atoms with Gasteiger partial charge in [-0.05, 0) is 117 Å². The van der Waals surface area contributed by atoms with Crippen LogP contribution in [-0.4, -0.2) is 205 Å². The second kappa shape index (κ2) is 35.8. The first-order chi connectivity index (χ1) is 44.3. The number of hydrogen-bond acceptors (Lipinski definition) is 16. The molecule has 4 aromatic rings. The minimum absolute atomic E-state index is 0.0396. The first-order valence-electron chi connectivity index (χ1n) is 32.4. The van der Waals surface area contributed by atoms with Gasteiger partial charge in [0.1, 0.15) is 11.8 Å². The average Bonchev–Trinajstić information content (AvgIpc) is 0.915. The number of aryl methyl sites for hydroxylation is 2. The van der Waals surface area contributed by atoms with Crippen LogP contribution in [0.1, 0.15) is 116 Å². The summed E-state index contributed by atoms with van der Waals surface area (Å²) in [6.45, 7) is 7.89. The van der Waals surface area contributed by atoms with Gasteiger partial charge in [-0.25, -0.2) is 0 Å². The summed E-state index contributed by atoms with van der Waals surface area (Å²) in [5.41, 5.74) is 5.25. The van der Waals surface area contributed by atoms with Crippen LogP contribution in [0.25, 0.3) is 23.3 Å². The molecule has 4 aromatic carbocycles. The zero-order chi connectivity index (χ0) is 65.4. The third kappa shape index (κ3) is 22.9. The van der Waals surface area contributed by atoms with Crippen LogP contribution in [-0.2, 0) is 63.3 Å². The molecule has 4 aliphatic rings. The van der Waals surface area contributed by atoms with Crippen LogP contribution in [0.2, 0.25) is 0 Å². The van der Waals surface area contributed by atoms with E-state index in [1.807, 2.05) is 82.0 Å². The summed E-state index contributed by atoms with van der Waals surface area (Å²) in [6, 6.07) is 24.4. The number of carboxylic acids is 1. The number of aliphatic carboxylic acids is 1. The number of ether oxygens (including phenoxy) is 1. The number of rotatable bonds is 27. The number of nitrogens with one attached hydrogen (secondary N) is 3. The Labute approximate surface area is 543 Å². The van der Waals surface area contributed by atoms with E-state index in [9.17, 15) is 38.7 Å². The van der Waals surface area contributed by atoms with E-state index < -0.39 is 70.9 Å². The zero-order valence-corrected chi connectivity index (χ0v) is 55.4. The molecule has 4 saturated heterocycles. The van der Waals surface area contributed by atoms with Crippen LogP contribution in [0, 0.1) is 13.8 Å². The van der Waals surface area contributed by atoms with Gasteiger partial charge in [-0.3, -0.25) is 19.3 Å². The van der Waals surface area contributed by atoms with Crippen LogP contribution in [0.15, 0.2) is 84.9 Å². The summed E-state index contributed by atoms with van der Waals surface area (Å²) in [6.07, 6.45) is 5.87. The Hall–Kier alpha value is -7.06. The Kier molecular flexibility index (Phi) is 27.6. The molecule has 4 heterocycles. The molecule has 0 spiro atoms. The molecule has 0 aromatic heterocycles. The first kappa shape index (κ1) is 70.8. The monoisotopic (exact) mass is 1330 g/mol. The number of halogens is 3. The van der Waals surface area contributed by atoms with E-state index in [4.69, 9.17) is 15.3 Å². The Morgan fingerprint density at radius 1 is 0.685 bits per heavy atom. The summed E-state index contributed by atoms with van der Waals surface area (Å²) in [4.78, 5) is 102. The number of carbonyl (C=O) groups excluding carboxylic acids is 6. The number of unbranched alkanes of at least 4 members (excludes halogenated alkanes) is 4. The Balaban J connectivity index is 0.885. The molecular weight excluding hydrogens is 1250 g/mol. The summed E-state index contributed by atoms with van der Waals surface area (Å²) >= 11 is -4.06. The molecule has 4 N–H and O–H groups in total. The van der Waals surface area contributed by atoms with Crippen molar-refractivity contribution >= 4 is 71.1 Å². The second-order valence-electron chi connectivity index (χ2n) is 24.3. The van der Waals surface area contributed by atoms with Gasteiger partial charge in [-0.2, -0.15) is 13.2 Å². The van der Waals surface area contributed by atoms with Gasteiger partial charge in [0, 0.05) is 31.6 Å². The van der Waals surface area contributed by atoms with E-state index in [2.05, 4.69) is 40.2 Å². The minimum atomic E-state index is -4.73. The van der Waals surface area contributed by atoms with Gasteiger partial charge < -0.3 is 20.5 Å². The van der Waals surface area contributed by atoms with Crippen LogP contribution >= 0.6 is 0 Å². The molecule has 0 aliphatic carbocycles. The van der Waals surface area contributed by atoms with Crippen molar-refractivity contribution in [1.29, 1.82) is 0 Å². The van der Waals surface area contributed by atoms with E-state index in [-0.39, 0.29) is 74.4 Å². The number of hydrogen-bond donors (Lipinski definition) is 4. The molecule has 2 unspecified atom stereocenters. The molecule has 20 nitrogen and oxygen atoms in total. The van der Waals surface area contributed by atoms with Gasteiger partial charge in [0.2, 0.25) is 5.91 Å². The van der Waals surface area contributed by atoms with Crippen LogP contribution in [0.5, 0.6) is 5.75 Å². The van der Waals surface area contributed by atoms with Crippen molar-refractivity contribution in [2.75, 3.05) is 105 Å². The molecular formula is C68H88F3GaN8O12. The molecule has 4 atom stereocenters. The van der Waals surface area contributed by atoms with Gasteiger partial charge in [-0.1, -0.05) is 110 Å². The number of carboxylic acid groups (broad SMARTS) is 1. The third-order valence-electron chi connectivity index (χ3n) is 17.3. The van der Waals surface area contributed by atoms with Crippen molar-refractivity contribution < 1.29 is 67.2 Å². The molecule has 0 saturated carbocycles. The standard InChI is InChI=1S/C68H91F3N8O12.Ga/c1-49-24-26-51(27-25-49)16-14-23-61(80)72-30-11-8-21-58(74-62(81)45-75-33-35-76(46-63(82)83)37-39-78(48-65(86)87)40-38-77(36-34-75)47-64(84)85)66(88)73-31-10-3-4-13-41-91-60-43-54(29-28-52-19-15-20-56(50(52)2)53-17-6-5-7-18-53)57(68(69,70)71)42-55(60)44-79-32-12-9-22-59(79)67(89)90;/h5-7,15,17-20,24-29,42-43,58-59H,3-4,8-14,16,21-23,30-41,44-48H2,1-2H3,(H,72,80)(H,73,88)(H,74,81)(H,82,83)(H,84,85)(H,86,87)(H,89,90);/q;+3/p-3/b29-28+;/t58-,59-;/m0./s1. The van der Waals surface area contributed by atoms with Crippen molar-refractivity contribution in [3.63, 3.8) is 0 Å². The fourth-order valence-corrected chi connectivity index (χ4v) is 14.1. The van der Waals surface area contributed by atoms with E-state index >= 15 is 13.2 Å². The first-order valence-corrected chi connectivity index (χ1v) is 35.3. The topological polar surface area (TPSA) is 229 Å². The van der Waals surface area contributed by atoms with Gasteiger partial charge in [-0.15, -0.1) is 0 Å². The minimum Gasteiger partial charge on any atom is -0.493 e. The molecule has 4 aliphatic heterocycles. The third-order valence-corrected chi connectivity index (χ3v) is 20.1. The number of piperidine rings is 1. The second-order valence-corrected chi connectivity index (χ2v) is 27.0. The number of benzene rings is 4. The van der Waals surface area contributed by atoms with Crippen LogP contribution in [0.3, 0.4) is 0 Å². The SMILES string of the molecule is Cc1ccc(CCCC(=O)NCCCC[C@H](NC(=O)CN2CCN3CCN4CCN(CC2)CC(=O)[O][Ga]([O]C(=O)C3)[O]C(=O)C4)C(=O)NCCCCCCOc2cc(/C=C/c3cccc(-c4ccccc4)c3C)c(C(F)(F)F)cc2CN2CCCC[C@H]2C(=O)O)cc1.